The van der Waals surface area contributed by atoms with Gasteiger partial charge in [0, 0.05) is 30.6 Å². The summed E-state index contributed by atoms with van der Waals surface area (Å²) in [7, 11) is 1.69. The van der Waals surface area contributed by atoms with E-state index in [1.165, 1.54) is 16.8 Å². The van der Waals surface area contributed by atoms with E-state index < -0.39 is 0 Å². The van der Waals surface area contributed by atoms with Crippen molar-refractivity contribution in [2.45, 2.75) is 0 Å². The Labute approximate surface area is 102 Å². The molecule has 1 aromatic rings. The molecule has 2 bridgehead atoms. The van der Waals surface area contributed by atoms with Crippen LogP contribution in [0.3, 0.4) is 0 Å². The van der Waals surface area contributed by atoms with Gasteiger partial charge in [0.15, 0.2) is 0 Å². The number of hydrogen-bond donors (Lipinski definition) is 0. The maximum atomic E-state index is 5.17. The number of rotatable bonds is 2. The van der Waals surface area contributed by atoms with Crippen molar-refractivity contribution < 1.29 is 4.74 Å². The van der Waals surface area contributed by atoms with Gasteiger partial charge in [-0.2, -0.15) is 0 Å². The lowest BCUT2D eigenvalue weighted by molar-refractivity contribution is 0.385. The van der Waals surface area contributed by atoms with Crippen molar-refractivity contribution in [1.82, 2.24) is 0 Å². The van der Waals surface area contributed by atoms with Crippen molar-refractivity contribution >= 4 is 5.69 Å². The van der Waals surface area contributed by atoms with Crippen LogP contribution >= 0.6 is 0 Å². The Bertz CT molecular complexity index is 440. The lowest BCUT2D eigenvalue weighted by Gasteiger charge is -2.52. The molecule has 1 saturated carbocycles. The first-order valence-corrected chi connectivity index (χ1v) is 5.97. The van der Waals surface area contributed by atoms with Crippen LogP contribution < -0.4 is 9.64 Å². The maximum Gasteiger partial charge on any atom is 0.119 e. The van der Waals surface area contributed by atoms with Gasteiger partial charge in [0.05, 0.1) is 7.11 Å². The van der Waals surface area contributed by atoms with Gasteiger partial charge in [0.1, 0.15) is 5.75 Å². The van der Waals surface area contributed by atoms with E-state index >= 15 is 0 Å². The Hall–Kier alpha value is -1.70. The predicted octanol–water partition coefficient (Wildman–Crippen LogP) is 2.87. The van der Waals surface area contributed by atoms with Crippen LogP contribution in [0, 0.1) is 11.8 Å². The van der Waals surface area contributed by atoms with Crippen LogP contribution in [0.5, 0.6) is 5.75 Å². The Balaban J connectivity index is 1.78. The van der Waals surface area contributed by atoms with Gasteiger partial charge < -0.3 is 9.64 Å². The summed E-state index contributed by atoms with van der Waals surface area (Å²) in [6, 6.07) is 8.27. The van der Waals surface area contributed by atoms with Crippen LogP contribution in [0.1, 0.15) is 0 Å². The molecular weight excluding hydrogens is 210 g/mol. The van der Waals surface area contributed by atoms with Crippen LogP contribution in [-0.4, -0.2) is 20.2 Å². The van der Waals surface area contributed by atoms with E-state index in [9.17, 15) is 0 Å². The number of hydrogen-bond acceptors (Lipinski definition) is 2. The standard InChI is InChI=1S/C15H17NO/c1-10-14-8-16(9-15(10)11(14)2)12-4-6-13(17-3)7-5-12/h4-7,14-15H,1-2,8-9H2,3H3. The normalized spacial score (nSPS) is 26.8. The molecule has 0 radical (unpaired) electrons. The van der Waals surface area contributed by atoms with E-state index in [1.54, 1.807) is 7.11 Å². The molecule has 2 aliphatic heterocycles. The predicted molar refractivity (Wildman–Crippen MR) is 70.5 cm³/mol. The number of methoxy groups -OCH3 is 1. The topological polar surface area (TPSA) is 12.5 Å². The minimum Gasteiger partial charge on any atom is -0.497 e. The van der Waals surface area contributed by atoms with Crippen LogP contribution in [-0.2, 0) is 0 Å². The Kier molecular flexibility index (Phi) is 2.25. The molecule has 2 saturated heterocycles. The third kappa shape index (κ3) is 1.47. The molecular formula is C15H17NO. The fraction of sp³-hybridized carbons (Fsp3) is 0.333. The third-order valence-corrected chi connectivity index (χ3v) is 4.03. The maximum absolute atomic E-state index is 5.17. The van der Waals surface area contributed by atoms with Crippen LogP contribution in [0.2, 0.25) is 0 Å². The number of anilines is 1. The summed E-state index contributed by atoms with van der Waals surface area (Å²) >= 11 is 0. The van der Waals surface area contributed by atoms with Gasteiger partial charge in [0.25, 0.3) is 0 Å². The van der Waals surface area contributed by atoms with Crippen molar-refractivity contribution in [3.05, 3.63) is 48.6 Å². The third-order valence-electron chi connectivity index (χ3n) is 4.03. The Morgan fingerprint density at radius 3 is 2.06 bits per heavy atom. The van der Waals surface area contributed by atoms with Gasteiger partial charge in [-0.3, -0.25) is 0 Å². The number of ether oxygens (including phenoxy) is 1. The second-order valence-corrected chi connectivity index (χ2v) is 4.86. The molecule has 0 N–H and O–H groups in total. The average molecular weight is 227 g/mol. The molecule has 0 unspecified atom stereocenters. The highest BCUT2D eigenvalue weighted by molar-refractivity contribution is 5.55. The quantitative estimate of drug-likeness (QED) is 0.720. The van der Waals surface area contributed by atoms with Gasteiger partial charge in [-0.25, -0.2) is 0 Å². The molecule has 2 heterocycles. The molecule has 4 rings (SSSR count). The van der Waals surface area contributed by atoms with E-state index in [4.69, 9.17) is 4.74 Å². The second-order valence-electron chi connectivity index (χ2n) is 4.86. The molecule has 2 heteroatoms. The highest BCUT2D eigenvalue weighted by Crippen LogP contribution is 2.48. The minimum atomic E-state index is 0.510. The molecule has 1 aromatic carbocycles. The van der Waals surface area contributed by atoms with Gasteiger partial charge in [0.2, 0.25) is 0 Å². The lowest BCUT2D eigenvalue weighted by atomic mass is 9.63. The summed E-state index contributed by atoms with van der Waals surface area (Å²) in [6.45, 7) is 10.3. The smallest absolute Gasteiger partial charge is 0.119 e. The monoisotopic (exact) mass is 227 g/mol. The summed E-state index contributed by atoms with van der Waals surface area (Å²) < 4.78 is 5.17. The summed E-state index contributed by atoms with van der Waals surface area (Å²) in [5.74, 6) is 1.93. The molecule has 3 aliphatic rings. The molecule has 0 amide bonds. The van der Waals surface area contributed by atoms with Gasteiger partial charge in [-0.1, -0.05) is 24.3 Å². The minimum absolute atomic E-state index is 0.510. The van der Waals surface area contributed by atoms with Crippen molar-refractivity contribution in [2.75, 3.05) is 25.1 Å². The Morgan fingerprint density at radius 2 is 1.59 bits per heavy atom. The molecule has 3 fully saturated rings. The van der Waals surface area contributed by atoms with Gasteiger partial charge >= 0.3 is 0 Å². The highest BCUT2D eigenvalue weighted by Gasteiger charge is 2.44. The number of benzene rings is 1. The molecule has 1 aliphatic carbocycles. The van der Waals surface area contributed by atoms with E-state index in [0.29, 0.717) is 11.8 Å². The van der Waals surface area contributed by atoms with Crippen LogP contribution in [0.25, 0.3) is 0 Å². The second kappa shape index (κ2) is 3.66. The first kappa shape index (κ1) is 10.5. The summed E-state index contributed by atoms with van der Waals surface area (Å²) in [6.07, 6.45) is 0. The number of piperidine rings is 2. The van der Waals surface area contributed by atoms with Crippen molar-refractivity contribution in [3.63, 3.8) is 0 Å². The molecule has 0 aromatic heterocycles. The van der Waals surface area contributed by atoms with Crippen LogP contribution in [0.15, 0.2) is 48.6 Å². The number of nitrogens with zero attached hydrogens (tertiary/aromatic N) is 1. The Morgan fingerprint density at radius 1 is 1.06 bits per heavy atom. The summed E-state index contributed by atoms with van der Waals surface area (Å²) in [4.78, 5) is 2.41. The van der Waals surface area contributed by atoms with Crippen molar-refractivity contribution in [3.8, 4) is 5.75 Å². The molecule has 2 nitrogen and oxygen atoms in total. The average Bonchev–Trinajstić information content (AvgIpc) is 2.40. The first-order valence-electron chi connectivity index (χ1n) is 5.97. The fourth-order valence-corrected chi connectivity index (χ4v) is 2.85. The molecule has 0 atom stereocenters. The lowest BCUT2D eigenvalue weighted by Crippen LogP contribution is -2.51. The number of fused-ring (bicyclic) bond motifs is 2. The van der Waals surface area contributed by atoms with E-state index in [0.717, 1.165) is 18.8 Å². The van der Waals surface area contributed by atoms with E-state index in [2.05, 4.69) is 30.2 Å². The van der Waals surface area contributed by atoms with Crippen LogP contribution in [0.4, 0.5) is 5.69 Å². The molecule has 88 valence electrons. The highest BCUT2D eigenvalue weighted by atomic mass is 16.5. The zero-order valence-corrected chi connectivity index (χ0v) is 10.1. The largest absolute Gasteiger partial charge is 0.497 e. The molecule has 0 spiro atoms. The SMILES string of the molecule is C=C1C2CN(c3ccc(OC)cc3)CC1C2=C. The van der Waals surface area contributed by atoms with E-state index in [-0.39, 0.29) is 0 Å². The van der Waals surface area contributed by atoms with Crippen molar-refractivity contribution in [1.29, 1.82) is 0 Å². The zero-order chi connectivity index (χ0) is 12.0. The van der Waals surface area contributed by atoms with Crippen molar-refractivity contribution in [2.24, 2.45) is 11.8 Å². The molecule has 17 heavy (non-hydrogen) atoms. The first-order chi connectivity index (χ1) is 8.20. The van der Waals surface area contributed by atoms with Gasteiger partial charge in [-0.15, -0.1) is 0 Å². The fourth-order valence-electron chi connectivity index (χ4n) is 2.85. The zero-order valence-electron chi connectivity index (χ0n) is 10.1. The van der Waals surface area contributed by atoms with E-state index in [1.807, 2.05) is 12.1 Å². The summed E-state index contributed by atoms with van der Waals surface area (Å²) in [5.41, 5.74) is 4.01. The van der Waals surface area contributed by atoms with Gasteiger partial charge in [-0.05, 0) is 24.3 Å². The summed E-state index contributed by atoms with van der Waals surface area (Å²) in [5, 5.41) is 0.